The molecule has 0 bridgehead atoms. The largest absolute Gasteiger partial charge is 2.00 e. The molecule has 0 spiro atoms. The topological polar surface area (TPSA) is 0 Å². The summed E-state index contributed by atoms with van der Waals surface area (Å²) in [6.45, 7) is 4.22. The van der Waals surface area contributed by atoms with Crippen LogP contribution in [0.3, 0.4) is 0 Å². The first-order chi connectivity index (χ1) is 3.30. The Morgan fingerprint density at radius 1 is 1.27 bits per heavy atom. The van der Waals surface area contributed by atoms with Gasteiger partial charge in [0.25, 0.3) is 0 Å². The molecule has 0 fully saturated rings. The summed E-state index contributed by atoms with van der Waals surface area (Å²) in [5.41, 5.74) is 2.71. The van der Waals surface area contributed by atoms with E-state index in [1.54, 1.807) is 0 Å². The molecular formula is C7H15ClSi2Ti. The average Bonchev–Trinajstić information content (AvgIpc) is 1.91. The van der Waals surface area contributed by atoms with Gasteiger partial charge in [-0.25, -0.2) is 11.1 Å². The molecule has 0 saturated carbocycles. The van der Waals surface area contributed by atoms with Crippen molar-refractivity contribution >= 4 is 21.9 Å². The van der Waals surface area contributed by atoms with Crippen molar-refractivity contribution in [3.05, 3.63) is 23.3 Å². The second kappa shape index (κ2) is 10.9. The van der Waals surface area contributed by atoms with Crippen LogP contribution in [0.4, 0.5) is 0 Å². The van der Waals surface area contributed by atoms with Gasteiger partial charge in [0.05, 0.1) is 0 Å². The van der Waals surface area contributed by atoms with Crippen molar-refractivity contribution in [2.75, 3.05) is 0 Å². The zero-order valence-electron chi connectivity index (χ0n) is 7.66. The van der Waals surface area contributed by atoms with E-state index in [0.717, 1.165) is 6.42 Å². The monoisotopic (exact) mass is 238 g/mol. The molecule has 0 aromatic carbocycles. The van der Waals surface area contributed by atoms with Gasteiger partial charge in [-0.15, -0.1) is 13.3 Å². The van der Waals surface area contributed by atoms with Crippen molar-refractivity contribution in [1.29, 1.82) is 0 Å². The Kier molecular flexibility index (Phi) is 22.5. The van der Waals surface area contributed by atoms with Crippen molar-refractivity contribution in [1.82, 2.24) is 0 Å². The number of rotatable bonds is 0. The van der Waals surface area contributed by atoms with Gasteiger partial charge in [-0.2, -0.15) is 6.08 Å². The fraction of sp³-hybridized carbons (Fsp3) is 0.429. The van der Waals surface area contributed by atoms with Crippen molar-refractivity contribution in [2.24, 2.45) is 0 Å². The zero-order valence-corrected chi connectivity index (χ0v) is 14.0. The predicted octanol–water partition coefficient (Wildman–Crippen LogP) is -3.28. The molecule has 1 aliphatic rings. The quantitative estimate of drug-likeness (QED) is 0.307. The minimum atomic E-state index is 0. The first-order valence-electron chi connectivity index (χ1n) is 2.55. The molecule has 2 radical (unpaired) electrons. The molecule has 0 amide bonds. The Balaban J connectivity index is -0.0000000612. The molecule has 4 heteroatoms. The molecule has 0 saturated heterocycles. The van der Waals surface area contributed by atoms with Crippen molar-refractivity contribution in [3.8, 4) is 0 Å². The number of allylic oxidation sites excluding steroid dienone is 4. The minimum Gasteiger partial charge on any atom is -1.00 e. The Hall–Kier alpha value is 0.918. The first-order valence-corrected chi connectivity index (χ1v) is 2.55. The molecule has 62 valence electrons. The first kappa shape index (κ1) is 22.7. The second-order valence-electron chi connectivity index (χ2n) is 1.89. The summed E-state index contributed by atoms with van der Waals surface area (Å²) in [6, 6.07) is 0. The molecule has 1 aliphatic carbocycles. The summed E-state index contributed by atoms with van der Waals surface area (Å²) >= 11 is 0. The summed E-state index contributed by atoms with van der Waals surface area (Å²) in [4.78, 5) is 0. The van der Waals surface area contributed by atoms with Gasteiger partial charge in [0.15, 0.2) is 0 Å². The fourth-order valence-corrected chi connectivity index (χ4v) is 0.650. The van der Waals surface area contributed by atoms with Crippen LogP contribution in [-0.4, -0.2) is 21.9 Å². The van der Waals surface area contributed by atoms with E-state index >= 15 is 0 Å². The normalized spacial score (nSPS) is 12.2. The maximum Gasteiger partial charge on any atom is 2.00 e. The number of hydrogen-bond donors (Lipinski definition) is 0. The van der Waals surface area contributed by atoms with E-state index in [0.29, 0.717) is 0 Å². The van der Waals surface area contributed by atoms with E-state index in [9.17, 15) is 0 Å². The number of halogens is 1. The van der Waals surface area contributed by atoms with E-state index in [1.165, 1.54) is 11.1 Å². The van der Waals surface area contributed by atoms with Gasteiger partial charge in [-0.05, 0) is 21.9 Å². The Labute approximate surface area is 99.3 Å². The van der Waals surface area contributed by atoms with E-state index in [1.807, 2.05) is 0 Å². The maximum absolute atomic E-state index is 3.19. The Morgan fingerprint density at radius 2 is 1.73 bits per heavy atom. The fourth-order valence-electron chi connectivity index (χ4n) is 0.650. The van der Waals surface area contributed by atoms with Crippen LogP contribution >= 0.6 is 0 Å². The Bertz CT molecular complexity index is 127. The minimum absolute atomic E-state index is 0. The summed E-state index contributed by atoms with van der Waals surface area (Å²) in [7, 11) is 0. The third-order valence-electron chi connectivity index (χ3n) is 1.37. The summed E-state index contributed by atoms with van der Waals surface area (Å²) in [5, 5.41) is 0. The van der Waals surface area contributed by atoms with E-state index in [2.05, 4.69) is 26.0 Å². The standard InChI is InChI=1S/C7H9.ClH.2H3Si.Ti/c1-6-4-3-5-7(6)2;;;;/h4H,3H2,1-2H3;1H;2*1H3;/q-1;;;;+2/p-1. The van der Waals surface area contributed by atoms with Crippen molar-refractivity contribution < 1.29 is 34.1 Å². The van der Waals surface area contributed by atoms with Crippen LogP contribution in [0.2, 0.25) is 0 Å². The third kappa shape index (κ3) is 7.28. The summed E-state index contributed by atoms with van der Waals surface area (Å²) < 4.78 is 0. The third-order valence-corrected chi connectivity index (χ3v) is 1.37. The molecule has 0 aromatic heterocycles. The van der Waals surface area contributed by atoms with Crippen molar-refractivity contribution in [3.63, 3.8) is 0 Å². The smallest absolute Gasteiger partial charge is 1.00 e. The summed E-state index contributed by atoms with van der Waals surface area (Å²) in [5.74, 6) is 0. The molecule has 0 heterocycles. The molecule has 0 atom stereocenters. The molecule has 11 heavy (non-hydrogen) atoms. The zero-order chi connectivity index (χ0) is 5.28. The second-order valence-corrected chi connectivity index (χ2v) is 1.89. The molecule has 0 unspecified atom stereocenters. The van der Waals surface area contributed by atoms with Crippen LogP contribution in [0.1, 0.15) is 20.3 Å². The summed E-state index contributed by atoms with van der Waals surface area (Å²) in [6.07, 6.45) is 6.41. The van der Waals surface area contributed by atoms with Crippen LogP contribution in [0.15, 0.2) is 17.2 Å². The SMILES string of the molecule is CC1=[C-]CC=C1C.[Cl-].[SiH3].[SiH3].[Ti+2]. The molecule has 1 rings (SSSR count). The van der Waals surface area contributed by atoms with Crippen LogP contribution in [0.25, 0.3) is 0 Å². The van der Waals surface area contributed by atoms with Gasteiger partial charge in [0.1, 0.15) is 0 Å². The van der Waals surface area contributed by atoms with Gasteiger partial charge in [0.2, 0.25) is 0 Å². The van der Waals surface area contributed by atoms with Crippen LogP contribution in [-0.2, 0) is 21.7 Å². The van der Waals surface area contributed by atoms with Gasteiger partial charge in [-0.1, -0.05) is 6.92 Å². The predicted molar refractivity (Wildman–Crippen MR) is 50.7 cm³/mol. The van der Waals surface area contributed by atoms with E-state index in [-0.39, 0.29) is 56.1 Å². The molecule has 0 aromatic rings. The maximum atomic E-state index is 3.19. The van der Waals surface area contributed by atoms with Gasteiger partial charge in [-0.3, -0.25) is 6.08 Å². The van der Waals surface area contributed by atoms with Crippen LogP contribution in [0, 0.1) is 6.08 Å². The molecule has 0 nitrogen and oxygen atoms in total. The molecular weight excluding hydrogens is 224 g/mol. The molecule has 0 N–H and O–H groups in total. The Morgan fingerprint density at radius 3 is 1.82 bits per heavy atom. The average molecular weight is 239 g/mol. The molecule has 0 aliphatic heterocycles. The van der Waals surface area contributed by atoms with E-state index < -0.39 is 0 Å². The number of hydrogen-bond acceptors (Lipinski definition) is 0. The van der Waals surface area contributed by atoms with Gasteiger partial charge < -0.3 is 12.4 Å². The van der Waals surface area contributed by atoms with Gasteiger partial charge in [0, 0.05) is 0 Å². The van der Waals surface area contributed by atoms with Crippen LogP contribution < -0.4 is 12.4 Å². The van der Waals surface area contributed by atoms with E-state index in [4.69, 9.17) is 0 Å². The van der Waals surface area contributed by atoms with Crippen molar-refractivity contribution in [2.45, 2.75) is 20.3 Å². The van der Waals surface area contributed by atoms with Crippen LogP contribution in [0.5, 0.6) is 0 Å². The van der Waals surface area contributed by atoms with Gasteiger partial charge >= 0.3 is 21.7 Å².